The zero-order valence-electron chi connectivity index (χ0n) is 23.0. The average Bonchev–Trinajstić information content (AvgIpc) is 3.41. The zero-order valence-corrected chi connectivity index (χ0v) is 23.0. The van der Waals surface area contributed by atoms with Gasteiger partial charge in [-0.1, -0.05) is 19.9 Å². The van der Waals surface area contributed by atoms with Gasteiger partial charge in [0, 0.05) is 31.1 Å². The van der Waals surface area contributed by atoms with Crippen LogP contribution in [0.5, 0.6) is 11.5 Å². The molecule has 1 saturated carbocycles. The van der Waals surface area contributed by atoms with Gasteiger partial charge in [-0.15, -0.1) is 0 Å². The highest BCUT2D eigenvalue weighted by molar-refractivity contribution is 5.93. The molecule has 9 heteroatoms. The van der Waals surface area contributed by atoms with E-state index in [1.165, 1.54) is 7.11 Å². The summed E-state index contributed by atoms with van der Waals surface area (Å²) in [5.74, 6) is 0.468. The highest BCUT2D eigenvalue weighted by atomic mass is 16.7. The van der Waals surface area contributed by atoms with Gasteiger partial charge < -0.3 is 28.7 Å². The summed E-state index contributed by atoms with van der Waals surface area (Å²) in [6.07, 6.45) is 5.50. The molecule has 2 amide bonds. The Balaban J connectivity index is 1.43. The van der Waals surface area contributed by atoms with Crippen LogP contribution in [0.25, 0.3) is 0 Å². The van der Waals surface area contributed by atoms with E-state index in [9.17, 15) is 14.4 Å². The van der Waals surface area contributed by atoms with E-state index < -0.39 is 23.4 Å². The van der Waals surface area contributed by atoms with Gasteiger partial charge in [-0.05, 0) is 67.7 Å². The van der Waals surface area contributed by atoms with Crippen LogP contribution in [0.2, 0.25) is 0 Å². The SMILES string of the molecule is COC(=O)[C@]12C[C@H](CC(=O)N3CCCC3)C(=O)N(Cc3ccc4c(c3)OCO4)C1=C[C@H](C(C)C)O[C@@H]2C1CC1. The van der Waals surface area contributed by atoms with Crippen molar-refractivity contribution in [2.75, 3.05) is 27.0 Å². The van der Waals surface area contributed by atoms with Gasteiger partial charge in [0.1, 0.15) is 5.41 Å². The normalized spacial score (nSPS) is 29.9. The quantitative estimate of drug-likeness (QED) is 0.489. The average molecular weight is 539 g/mol. The van der Waals surface area contributed by atoms with Gasteiger partial charge in [-0.2, -0.15) is 0 Å². The van der Waals surface area contributed by atoms with Crippen LogP contribution in [0.3, 0.4) is 0 Å². The molecule has 5 aliphatic rings. The minimum atomic E-state index is -1.15. The van der Waals surface area contributed by atoms with Gasteiger partial charge in [-0.3, -0.25) is 14.4 Å². The number of fused-ring (bicyclic) bond motifs is 2. The summed E-state index contributed by atoms with van der Waals surface area (Å²) in [7, 11) is 1.40. The molecular formula is C30H38N2O7. The Morgan fingerprint density at radius 1 is 1.13 bits per heavy atom. The molecule has 6 rings (SSSR count). The predicted molar refractivity (Wildman–Crippen MR) is 140 cm³/mol. The van der Waals surface area contributed by atoms with Crippen LogP contribution in [-0.4, -0.2) is 66.8 Å². The second-order valence-electron chi connectivity index (χ2n) is 11.9. The molecule has 0 bridgehead atoms. The fourth-order valence-electron chi connectivity index (χ4n) is 6.74. The summed E-state index contributed by atoms with van der Waals surface area (Å²) in [6.45, 7) is 6.02. The van der Waals surface area contributed by atoms with Crippen molar-refractivity contribution in [1.29, 1.82) is 0 Å². The number of methoxy groups -OCH3 is 1. The summed E-state index contributed by atoms with van der Waals surface area (Å²) in [5.41, 5.74) is 0.361. The van der Waals surface area contributed by atoms with E-state index in [-0.39, 0.29) is 55.9 Å². The van der Waals surface area contributed by atoms with E-state index in [4.69, 9.17) is 18.9 Å². The fourth-order valence-corrected chi connectivity index (χ4v) is 6.74. The first-order valence-electron chi connectivity index (χ1n) is 14.3. The molecule has 4 aliphatic heterocycles. The van der Waals surface area contributed by atoms with Gasteiger partial charge in [0.25, 0.3) is 0 Å². The highest BCUT2D eigenvalue weighted by Crippen LogP contribution is 2.57. The summed E-state index contributed by atoms with van der Waals surface area (Å²) in [5, 5.41) is 0. The molecule has 39 heavy (non-hydrogen) atoms. The van der Waals surface area contributed by atoms with Crippen molar-refractivity contribution in [2.45, 2.75) is 71.1 Å². The number of carbonyl (C=O) groups is 3. The van der Waals surface area contributed by atoms with Crippen LogP contribution < -0.4 is 9.47 Å². The molecule has 0 unspecified atom stereocenters. The lowest BCUT2D eigenvalue weighted by Crippen LogP contribution is -2.61. The minimum Gasteiger partial charge on any atom is -0.468 e. The summed E-state index contributed by atoms with van der Waals surface area (Å²) < 4.78 is 23.2. The largest absolute Gasteiger partial charge is 0.468 e. The third-order valence-corrected chi connectivity index (χ3v) is 8.96. The first-order valence-corrected chi connectivity index (χ1v) is 14.3. The number of hydrogen-bond acceptors (Lipinski definition) is 7. The van der Waals surface area contributed by atoms with E-state index in [1.807, 2.05) is 29.2 Å². The van der Waals surface area contributed by atoms with Crippen LogP contribution in [0, 0.1) is 23.2 Å². The van der Waals surface area contributed by atoms with Crippen molar-refractivity contribution in [3.63, 3.8) is 0 Å². The third-order valence-electron chi connectivity index (χ3n) is 8.96. The summed E-state index contributed by atoms with van der Waals surface area (Å²) in [4.78, 5) is 45.0. The summed E-state index contributed by atoms with van der Waals surface area (Å²) >= 11 is 0. The minimum absolute atomic E-state index is 0.0268. The number of benzene rings is 1. The van der Waals surface area contributed by atoms with E-state index in [0.717, 1.165) is 44.3 Å². The maximum Gasteiger partial charge on any atom is 0.320 e. The van der Waals surface area contributed by atoms with Crippen molar-refractivity contribution in [3.8, 4) is 11.5 Å². The fraction of sp³-hybridized carbons (Fsp3) is 0.633. The molecule has 210 valence electrons. The number of hydrogen-bond donors (Lipinski definition) is 0. The van der Waals surface area contributed by atoms with Crippen LogP contribution >= 0.6 is 0 Å². The lowest BCUT2D eigenvalue weighted by Gasteiger charge is -2.53. The summed E-state index contributed by atoms with van der Waals surface area (Å²) in [6, 6.07) is 5.64. The van der Waals surface area contributed by atoms with Crippen molar-refractivity contribution >= 4 is 17.8 Å². The predicted octanol–water partition coefficient (Wildman–Crippen LogP) is 3.65. The number of esters is 1. The van der Waals surface area contributed by atoms with Gasteiger partial charge in [0.2, 0.25) is 18.6 Å². The monoisotopic (exact) mass is 538 g/mol. The molecule has 0 radical (unpaired) electrons. The van der Waals surface area contributed by atoms with Gasteiger partial charge >= 0.3 is 5.97 Å². The van der Waals surface area contributed by atoms with E-state index in [1.54, 1.807) is 4.90 Å². The Bertz CT molecular complexity index is 1190. The smallest absolute Gasteiger partial charge is 0.320 e. The Labute approximate surface area is 229 Å². The molecule has 9 nitrogen and oxygen atoms in total. The van der Waals surface area contributed by atoms with Crippen LogP contribution in [-0.2, 0) is 30.4 Å². The number of carbonyl (C=O) groups excluding carboxylic acids is 3. The van der Waals surface area contributed by atoms with E-state index >= 15 is 0 Å². The molecular weight excluding hydrogens is 500 g/mol. The van der Waals surface area contributed by atoms with Gasteiger partial charge in [0.15, 0.2) is 11.5 Å². The number of piperidine rings is 1. The maximum absolute atomic E-state index is 14.3. The number of rotatable bonds is 7. The van der Waals surface area contributed by atoms with E-state index in [2.05, 4.69) is 13.8 Å². The molecule has 3 fully saturated rings. The van der Waals surface area contributed by atoms with Crippen molar-refractivity contribution in [2.24, 2.45) is 23.2 Å². The van der Waals surface area contributed by atoms with E-state index in [0.29, 0.717) is 17.2 Å². The molecule has 1 aliphatic carbocycles. The Morgan fingerprint density at radius 3 is 2.56 bits per heavy atom. The van der Waals surface area contributed by atoms with Crippen LogP contribution in [0.4, 0.5) is 0 Å². The van der Waals surface area contributed by atoms with Crippen molar-refractivity contribution < 1.29 is 33.3 Å². The second-order valence-corrected chi connectivity index (χ2v) is 11.9. The molecule has 4 heterocycles. The maximum atomic E-state index is 14.3. The molecule has 1 aromatic rings. The third kappa shape index (κ3) is 4.58. The molecule has 2 saturated heterocycles. The van der Waals surface area contributed by atoms with Gasteiger partial charge in [0.05, 0.1) is 25.9 Å². The molecule has 1 aromatic carbocycles. The zero-order chi connectivity index (χ0) is 27.3. The Hall–Kier alpha value is -3.07. The van der Waals surface area contributed by atoms with Crippen molar-refractivity contribution in [1.82, 2.24) is 9.80 Å². The molecule has 0 N–H and O–H groups in total. The topological polar surface area (TPSA) is 94.6 Å². The number of ether oxygens (including phenoxy) is 4. The first kappa shape index (κ1) is 26.2. The van der Waals surface area contributed by atoms with Gasteiger partial charge in [-0.25, -0.2) is 0 Å². The van der Waals surface area contributed by atoms with Crippen LogP contribution in [0.15, 0.2) is 30.0 Å². The Kier molecular flexibility index (Phi) is 6.81. The number of amides is 2. The second kappa shape index (κ2) is 10.2. The lowest BCUT2D eigenvalue weighted by atomic mass is 9.64. The molecule has 0 spiro atoms. The van der Waals surface area contributed by atoms with Crippen molar-refractivity contribution in [3.05, 3.63) is 35.5 Å². The lowest BCUT2D eigenvalue weighted by molar-refractivity contribution is -0.182. The number of likely N-dealkylation sites (tertiary alicyclic amines) is 2. The van der Waals surface area contributed by atoms with Crippen LogP contribution in [0.1, 0.15) is 57.9 Å². The standard InChI is InChI=1S/C30H38N2O7/c1-18(2)23-14-25-30(29(35)36-3,27(39-23)20-7-8-20)15-21(13-26(33)31-10-4-5-11-31)28(34)32(25)16-19-6-9-22-24(12-19)38-17-37-22/h6,9,12,14,18,20-21,23,27H,4-5,7-8,10-11,13,15-17H2,1-3H3/t21-,23+,27+,30+/m0/s1. The Morgan fingerprint density at radius 2 is 1.87 bits per heavy atom. The molecule has 4 atom stereocenters. The number of nitrogens with zero attached hydrogens (tertiary/aromatic N) is 2. The first-order chi connectivity index (χ1) is 18.8. The molecule has 0 aromatic heterocycles. The highest BCUT2D eigenvalue weighted by Gasteiger charge is 2.64.